The minimum atomic E-state index is -0.500. The summed E-state index contributed by atoms with van der Waals surface area (Å²) in [5, 5.41) is 14.4. The van der Waals surface area contributed by atoms with Gasteiger partial charge in [-0.15, -0.1) is 0 Å². The van der Waals surface area contributed by atoms with Gasteiger partial charge in [0.2, 0.25) is 0 Å². The lowest BCUT2D eigenvalue weighted by Gasteiger charge is -2.41. The average Bonchev–Trinajstić information content (AvgIpc) is 2.48. The van der Waals surface area contributed by atoms with E-state index in [0.29, 0.717) is 11.5 Å². The van der Waals surface area contributed by atoms with Crippen LogP contribution in [-0.2, 0) is 6.42 Å². The van der Waals surface area contributed by atoms with Gasteiger partial charge < -0.3 is 10.4 Å². The molecule has 1 saturated carbocycles. The smallest absolute Gasteiger partial charge is 0.0772 e. The second-order valence-electron chi connectivity index (χ2n) is 7.56. The SMILES string of the molecule is CCC(Cc1ccccc1)NCC1(O)CCC(C)(C)CC1. The molecule has 1 aromatic rings. The van der Waals surface area contributed by atoms with Gasteiger partial charge in [-0.25, -0.2) is 0 Å². The molecule has 0 bridgehead atoms. The molecule has 0 aliphatic heterocycles. The maximum atomic E-state index is 10.8. The van der Waals surface area contributed by atoms with E-state index in [4.69, 9.17) is 0 Å². The van der Waals surface area contributed by atoms with Crippen LogP contribution in [0.5, 0.6) is 0 Å². The van der Waals surface area contributed by atoms with Crippen LogP contribution in [0.25, 0.3) is 0 Å². The van der Waals surface area contributed by atoms with E-state index < -0.39 is 5.60 Å². The van der Waals surface area contributed by atoms with Crippen molar-refractivity contribution in [2.24, 2.45) is 5.41 Å². The molecule has 118 valence electrons. The van der Waals surface area contributed by atoms with Crippen molar-refractivity contribution in [3.63, 3.8) is 0 Å². The second kappa shape index (κ2) is 6.93. The highest BCUT2D eigenvalue weighted by molar-refractivity contribution is 5.15. The zero-order chi connectivity index (χ0) is 15.3. The lowest BCUT2D eigenvalue weighted by Crippen LogP contribution is -2.48. The van der Waals surface area contributed by atoms with E-state index in [2.05, 4.69) is 56.4 Å². The van der Waals surface area contributed by atoms with Crippen LogP contribution in [-0.4, -0.2) is 23.3 Å². The van der Waals surface area contributed by atoms with Crippen LogP contribution in [0.4, 0.5) is 0 Å². The van der Waals surface area contributed by atoms with Crippen LogP contribution >= 0.6 is 0 Å². The van der Waals surface area contributed by atoms with E-state index in [1.54, 1.807) is 0 Å². The third-order valence-corrected chi connectivity index (χ3v) is 5.07. The third kappa shape index (κ3) is 5.12. The molecule has 2 heteroatoms. The number of benzene rings is 1. The van der Waals surface area contributed by atoms with E-state index >= 15 is 0 Å². The van der Waals surface area contributed by atoms with Gasteiger partial charge in [-0.05, 0) is 49.5 Å². The van der Waals surface area contributed by atoms with Crippen LogP contribution in [0.3, 0.4) is 0 Å². The van der Waals surface area contributed by atoms with Crippen molar-refractivity contribution in [1.29, 1.82) is 0 Å². The number of nitrogens with one attached hydrogen (secondary N) is 1. The Balaban J connectivity index is 1.83. The Morgan fingerprint density at radius 3 is 2.29 bits per heavy atom. The molecule has 0 amide bonds. The molecule has 1 atom stereocenters. The highest BCUT2D eigenvalue weighted by Gasteiger charge is 2.36. The zero-order valence-corrected chi connectivity index (χ0v) is 13.9. The summed E-state index contributed by atoms with van der Waals surface area (Å²) in [5.74, 6) is 0. The summed E-state index contributed by atoms with van der Waals surface area (Å²) in [6, 6.07) is 11.1. The van der Waals surface area contributed by atoms with E-state index in [9.17, 15) is 5.11 Å². The number of hydrogen-bond donors (Lipinski definition) is 2. The highest BCUT2D eigenvalue weighted by atomic mass is 16.3. The lowest BCUT2D eigenvalue weighted by atomic mass is 9.71. The zero-order valence-electron chi connectivity index (χ0n) is 13.9. The third-order valence-electron chi connectivity index (χ3n) is 5.07. The predicted octanol–water partition coefficient (Wildman–Crippen LogP) is 3.93. The van der Waals surface area contributed by atoms with Crippen LogP contribution in [0, 0.1) is 5.41 Å². The molecule has 21 heavy (non-hydrogen) atoms. The van der Waals surface area contributed by atoms with Gasteiger partial charge in [0, 0.05) is 12.6 Å². The number of rotatable bonds is 6. The summed E-state index contributed by atoms with van der Waals surface area (Å²) >= 11 is 0. The van der Waals surface area contributed by atoms with Gasteiger partial charge in [0.05, 0.1) is 5.60 Å². The molecule has 0 saturated heterocycles. The van der Waals surface area contributed by atoms with Crippen molar-refractivity contribution < 1.29 is 5.11 Å². The second-order valence-corrected chi connectivity index (χ2v) is 7.56. The molecule has 0 aromatic heterocycles. The molecule has 1 aromatic carbocycles. The fourth-order valence-electron chi connectivity index (χ4n) is 3.16. The van der Waals surface area contributed by atoms with E-state index in [0.717, 1.165) is 45.1 Å². The number of hydrogen-bond acceptors (Lipinski definition) is 2. The van der Waals surface area contributed by atoms with Crippen molar-refractivity contribution in [2.45, 2.75) is 70.9 Å². The van der Waals surface area contributed by atoms with Gasteiger partial charge in [-0.1, -0.05) is 51.1 Å². The maximum absolute atomic E-state index is 10.8. The first-order chi connectivity index (χ1) is 9.92. The fourth-order valence-corrected chi connectivity index (χ4v) is 3.16. The Morgan fingerprint density at radius 2 is 1.71 bits per heavy atom. The molecule has 2 nitrogen and oxygen atoms in total. The highest BCUT2D eigenvalue weighted by Crippen LogP contribution is 2.39. The Morgan fingerprint density at radius 1 is 1.10 bits per heavy atom. The van der Waals surface area contributed by atoms with Gasteiger partial charge in [0.15, 0.2) is 0 Å². The van der Waals surface area contributed by atoms with Crippen molar-refractivity contribution >= 4 is 0 Å². The summed E-state index contributed by atoms with van der Waals surface area (Å²) in [4.78, 5) is 0. The molecular formula is C19H31NO. The van der Waals surface area contributed by atoms with E-state index in [-0.39, 0.29) is 0 Å². The first-order valence-corrected chi connectivity index (χ1v) is 8.42. The Hall–Kier alpha value is -0.860. The molecule has 1 unspecified atom stereocenters. The van der Waals surface area contributed by atoms with Gasteiger partial charge in [-0.2, -0.15) is 0 Å². The summed E-state index contributed by atoms with van der Waals surface area (Å²) in [6.45, 7) is 7.57. The van der Waals surface area contributed by atoms with Gasteiger partial charge in [-0.3, -0.25) is 0 Å². The minimum absolute atomic E-state index is 0.403. The summed E-state index contributed by atoms with van der Waals surface area (Å²) in [5.41, 5.74) is 1.27. The molecule has 0 heterocycles. The monoisotopic (exact) mass is 289 g/mol. The Kier molecular flexibility index (Phi) is 5.45. The van der Waals surface area contributed by atoms with Crippen LogP contribution in [0.2, 0.25) is 0 Å². The van der Waals surface area contributed by atoms with Crippen LogP contribution < -0.4 is 5.32 Å². The van der Waals surface area contributed by atoms with Gasteiger partial charge in [0.1, 0.15) is 0 Å². The molecule has 1 aliphatic rings. The summed E-state index contributed by atoms with van der Waals surface area (Å²) < 4.78 is 0. The van der Waals surface area contributed by atoms with Crippen molar-refractivity contribution in [2.75, 3.05) is 6.54 Å². The topological polar surface area (TPSA) is 32.3 Å². The first kappa shape index (κ1) is 16.5. The number of aliphatic hydroxyl groups is 1. The van der Waals surface area contributed by atoms with E-state index in [1.165, 1.54) is 5.56 Å². The van der Waals surface area contributed by atoms with Crippen LogP contribution in [0.15, 0.2) is 30.3 Å². The minimum Gasteiger partial charge on any atom is -0.389 e. The normalized spacial score (nSPS) is 21.9. The van der Waals surface area contributed by atoms with Crippen LogP contribution in [0.1, 0.15) is 58.4 Å². The van der Waals surface area contributed by atoms with E-state index in [1.807, 2.05) is 0 Å². The molecular weight excluding hydrogens is 258 g/mol. The first-order valence-electron chi connectivity index (χ1n) is 8.42. The molecule has 2 N–H and O–H groups in total. The van der Waals surface area contributed by atoms with Crippen molar-refractivity contribution in [3.8, 4) is 0 Å². The Labute approximate surface area is 130 Å². The molecule has 1 fully saturated rings. The lowest BCUT2D eigenvalue weighted by molar-refractivity contribution is -0.0261. The molecule has 0 radical (unpaired) electrons. The fraction of sp³-hybridized carbons (Fsp3) is 0.684. The summed E-state index contributed by atoms with van der Waals surface area (Å²) in [7, 11) is 0. The molecule has 0 spiro atoms. The standard InChI is InChI=1S/C19H31NO/c1-4-17(14-16-8-6-5-7-9-16)20-15-19(21)12-10-18(2,3)11-13-19/h5-9,17,20-21H,4,10-15H2,1-3H3. The van der Waals surface area contributed by atoms with Crippen molar-refractivity contribution in [1.82, 2.24) is 5.32 Å². The van der Waals surface area contributed by atoms with Crippen molar-refractivity contribution in [3.05, 3.63) is 35.9 Å². The molecule has 2 rings (SSSR count). The average molecular weight is 289 g/mol. The summed E-state index contributed by atoms with van der Waals surface area (Å²) in [6.07, 6.45) is 6.24. The van der Waals surface area contributed by atoms with Gasteiger partial charge in [0.25, 0.3) is 0 Å². The largest absolute Gasteiger partial charge is 0.389 e. The molecule has 1 aliphatic carbocycles. The quantitative estimate of drug-likeness (QED) is 0.831. The van der Waals surface area contributed by atoms with Gasteiger partial charge >= 0.3 is 0 Å². The predicted molar refractivity (Wildman–Crippen MR) is 89.4 cm³/mol. The Bertz CT molecular complexity index is 416. The maximum Gasteiger partial charge on any atom is 0.0772 e.